The minimum Gasteiger partial charge on any atom is -0.490 e. The Labute approximate surface area is 119 Å². The molecule has 0 saturated heterocycles. The molecule has 2 aromatic carbocycles. The van der Waals surface area contributed by atoms with Crippen molar-refractivity contribution < 1.29 is 9.47 Å². The van der Waals surface area contributed by atoms with Crippen LogP contribution in [0.25, 0.3) is 0 Å². The van der Waals surface area contributed by atoms with Crippen molar-refractivity contribution in [1.29, 1.82) is 0 Å². The van der Waals surface area contributed by atoms with E-state index in [0.717, 1.165) is 5.69 Å². The summed E-state index contributed by atoms with van der Waals surface area (Å²) < 4.78 is 11.2. The van der Waals surface area contributed by atoms with E-state index in [4.69, 9.17) is 9.47 Å². The third kappa shape index (κ3) is 3.57. The Morgan fingerprint density at radius 3 is 2.25 bits per heavy atom. The first kappa shape index (κ1) is 14.1. The Hall–Kier alpha value is -2.36. The zero-order valence-corrected chi connectivity index (χ0v) is 11.7. The van der Waals surface area contributed by atoms with Crippen molar-refractivity contribution in [1.82, 2.24) is 0 Å². The standard InChI is InChI=1S/C16H18N2O2/c1-3-19-15-12-8-11-14(16(15)20-4-2)18-17-13-9-6-5-7-10-13/h5-12H,3-4H2,1-2H3. The van der Waals surface area contributed by atoms with Gasteiger partial charge in [-0.2, -0.15) is 5.11 Å². The largest absolute Gasteiger partial charge is 0.490 e. The molecule has 4 heteroatoms. The van der Waals surface area contributed by atoms with Crippen LogP contribution in [-0.2, 0) is 0 Å². The van der Waals surface area contributed by atoms with Gasteiger partial charge in [-0.1, -0.05) is 24.3 Å². The maximum atomic E-state index is 5.63. The van der Waals surface area contributed by atoms with Crippen LogP contribution in [0.1, 0.15) is 13.8 Å². The van der Waals surface area contributed by atoms with Crippen LogP contribution < -0.4 is 9.47 Å². The minimum atomic E-state index is 0.554. The second kappa shape index (κ2) is 7.28. The highest BCUT2D eigenvalue weighted by molar-refractivity contribution is 5.59. The molecule has 20 heavy (non-hydrogen) atoms. The van der Waals surface area contributed by atoms with E-state index < -0.39 is 0 Å². The third-order valence-corrected chi connectivity index (χ3v) is 2.58. The van der Waals surface area contributed by atoms with Gasteiger partial charge in [-0.15, -0.1) is 5.11 Å². The molecule has 0 aliphatic rings. The summed E-state index contributed by atoms with van der Waals surface area (Å²) in [6.45, 7) is 5.01. The monoisotopic (exact) mass is 270 g/mol. The van der Waals surface area contributed by atoms with Gasteiger partial charge in [-0.3, -0.25) is 0 Å². The van der Waals surface area contributed by atoms with Crippen molar-refractivity contribution in [3.05, 3.63) is 48.5 Å². The molecule has 0 atom stereocenters. The van der Waals surface area contributed by atoms with Crippen molar-refractivity contribution in [3.8, 4) is 11.5 Å². The predicted octanol–water partition coefficient (Wildman–Crippen LogP) is 4.90. The SMILES string of the molecule is CCOc1cccc(N=Nc2ccccc2)c1OCC. The second-order valence-electron chi connectivity index (χ2n) is 4.01. The maximum absolute atomic E-state index is 5.63. The summed E-state index contributed by atoms with van der Waals surface area (Å²) in [5.41, 5.74) is 1.47. The Balaban J connectivity index is 2.30. The number of nitrogens with zero attached hydrogens (tertiary/aromatic N) is 2. The summed E-state index contributed by atoms with van der Waals surface area (Å²) in [6, 6.07) is 15.2. The lowest BCUT2D eigenvalue weighted by Gasteiger charge is -2.12. The van der Waals surface area contributed by atoms with Gasteiger partial charge in [0.15, 0.2) is 11.5 Å². The lowest BCUT2D eigenvalue weighted by Crippen LogP contribution is -1.98. The number of para-hydroxylation sites is 1. The molecule has 0 saturated carbocycles. The fraction of sp³-hybridized carbons (Fsp3) is 0.250. The molecule has 0 aliphatic carbocycles. The smallest absolute Gasteiger partial charge is 0.188 e. The van der Waals surface area contributed by atoms with Gasteiger partial charge in [0.25, 0.3) is 0 Å². The molecular weight excluding hydrogens is 252 g/mol. The van der Waals surface area contributed by atoms with E-state index in [0.29, 0.717) is 30.4 Å². The fourth-order valence-corrected chi connectivity index (χ4v) is 1.75. The van der Waals surface area contributed by atoms with Crippen molar-refractivity contribution in [2.24, 2.45) is 10.2 Å². The van der Waals surface area contributed by atoms with Crippen LogP contribution in [0, 0.1) is 0 Å². The highest BCUT2D eigenvalue weighted by atomic mass is 16.5. The normalized spacial score (nSPS) is 10.7. The number of rotatable bonds is 6. The Bertz CT molecular complexity index is 568. The van der Waals surface area contributed by atoms with Gasteiger partial charge >= 0.3 is 0 Å². The number of azo groups is 1. The van der Waals surface area contributed by atoms with Crippen molar-refractivity contribution >= 4 is 11.4 Å². The summed E-state index contributed by atoms with van der Waals surface area (Å²) in [5, 5.41) is 8.47. The van der Waals surface area contributed by atoms with Crippen LogP contribution in [0.2, 0.25) is 0 Å². The molecule has 0 fully saturated rings. The van der Waals surface area contributed by atoms with E-state index in [-0.39, 0.29) is 0 Å². The summed E-state index contributed by atoms with van der Waals surface area (Å²) in [7, 11) is 0. The molecule has 0 bridgehead atoms. The van der Waals surface area contributed by atoms with Crippen LogP contribution >= 0.6 is 0 Å². The van der Waals surface area contributed by atoms with E-state index >= 15 is 0 Å². The Kier molecular flexibility index (Phi) is 5.12. The highest BCUT2D eigenvalue weighted by Gasteiger charge is 2.10. The number of benzene rings is 2. The zero-order valence-electron chi connectivity index (χ0n) is 11.7. The lowest BCUT2D eigenvalue weighted by atomic mass is 10.2. The lowest BCUT2D eigenvalue weighted by molar-refractivity contribution is 0.288. The van der Waals surface area contributed by atoms with Crippen LogP contribution in [-0.4, -0.2) is 13.2 Å². The number of hydrogen-bond acceptors (Lipinski definition) is 4. The van der Waals surface area contributed by atoms with Crippen molar-refractivity contribution in [2.75, 3.05) is 13.2 Å². The van der Waals surface area contributed by atoms with Gasteiger partial charge in [0.1, 0.15) is 5.69 Å². The average Bonchev–Trinajstić information content (AvgIpc) is 2.49. The molecule has 0 aliphatic heterocycles. The third-order valence-electron chi connectivity index (χ3n) is 2.58. The van der Waals surface area contributed by atoms with E-state index in [2.05, 4.69) is 10.2 Å². The zero-order chi connectivity index (χ0) is 14.2. The molecule has 0 N–H and O–H groups in total. The number of ether oxygens (including phenoxy) is 2. The van der Waals surface area contributed by atoms with Gasteiger partial charge in [-0.05, 0) is 38.1 Å². The molecule has 0 radical (unpaired) electrons. The number of hydrogen-bond donors (Lipinski definition) is 0. The van der Waals surface area contributed by atoms with Crippen LogP contribution in [0.3, 0.4) is 0 Å². The summed E-state index contributed by atoms with van der Waals surface area (Å²) >= 11 is 0. The average molecular weight is 270 g/mol. The molecule has 0 unspecified atom stereocenters. The molecule has 0 heterocycles. The predicted molar refractivity (Wildman–Crippen MR) is 79.4 cm³/mol. The van der Waals surface area contributed by atoms with E-state index in [1.54, 1.807) is 0 Å². The van der Waals surface area contributed by atoms with Gasteiger partial charge in [0, 0.05) is 0 Å². The molecule has 104 valence electrons. The Morgan fingerprint density at radius 1 is 0.800 bits per heavy atom. The quantitative estimate of drug-likeness (QED) is 0.701. The van der Waals surface area contributed by atoms with Crippen LogP contribution in [0.15, 0.2) is 58.8 Å². The summed E-state index contributed by atoms with van der Waals surface area (Å²) in [5.74, 6) is 1.33. The summed E-state index contributed by atoms with van der Waals surface area (Å²) in [4.78, 5) is 0. The molecule has 0 aromatic heterocycles. The van der Waals surface area contributed by atoms with Crippen LogP contribution in [0.4, 0.5) is 11.4 Å². The van der Waals surface area contributed by atoms with Crippen LogP contribution in [0.5, 0.6) is 11.5 Å². The molecule has 4 nitrogen and oxygen atoms in total. The minimum absolute atomic E-state index is 0.554. The van der Waals surface area contributed by atoms with E-state index in [1.165, 1.54) is 0 Å². The fourth-order valence-electron chi connectivity index (χ4n) is 1.75. The molecular formula is C16H18N2O2. The first-order chi connectivity index (χ1) is 9.85. The van der Waals surface area contributed by atoms with Crippen molar-refractivity contribution in [2.45, 2.75) is 13.8 Å². The van der Waals surface area contributed by atoms with Gasteiger partial charge in [0.2, 0.25) is 0 Å². The van der Waals surface area contributed by atoms with Gasteiger partial charge < -0.3 is 9.47 Å². The first-order valence-corrected chi connectivity index (χ1v) is 6.70. The van der Waals surface area contributed by atoms with E-state index in [9.17, 15) is 0 Å². The molecule has 2 aromatic rings. The molecule has 0 amide bonds. The molecule has 2 rings (SSSR count). The van der Waals surface area contributed by atoms with Gasteiger partial charge in [-0.25, -0.2) is 0 Å². The maximum Gasteiger partial charge on any atom is 0.188 e. The molecule has 0 spiro atoms. The Morgan fingerprint density at radius 2 is 1.55 bits per heavy atom. The topological polar surface area (TPSA) is 43.2 Å². The second-order valence-corrected chi connectivity index (χ2v) is 4.01. The highest BCUT2D eigenvalue weighted by Crippen LogP contribution is 2.38. The van der Waals surface area contributed by atoms with Crippen molar-refractivity contribution in [3.63, 3.8) is 0 Å². The summed E-state index contributed by atoms with van der Waals surface area (Å²) in [6.07, 6.45) is 0. The van der Waals surface area contributed by atoms with Gasteiger partial charge in [0.05, 0.1) is 18.9 Å². The first-order valence-electron chi connectivity index (χ1n) is 6.70. The van der Waals surface area contributed by atoms with E-state index in [1.807, 2.05) is 62.4 Å².